The number of piperazine rings is 1. The SMILES string of the molecule is O=C(OCc1ccccc1)N1CC2(C(=O)O)CC1CN2Cc1ccccc1. The van der Waals surface area contributed by atoms with Crippen LogP contribution in [0, 0.1) is 0 Å². The van der Waals surface area contributed by atoms with Crippen molar-refractivity contribution in [2.45, 2.75) is 31.2 Å². The summed E-state index contributed by atoms with van der Waals surface area (Å²) < 4.78 is 5.42. The summed E-state index contributed by atoms with van der Waals surface area (Å²) in [5.41, 5.74) is 0.949. The maximum Gasteiger partial charge on any atom is 0.410 e. The van der Waals surface area contributed by atoms with Crippen molar-refractivity contribution in [2.24, 2.45) is 0 Å². The number of aliphatic carboxylic acids is 1. The van der Waals surface area contributed by atoms with E-state index in [2.05, 4.69) is 0 Å². The minimum Gasteiger partial charge on any atom is -0.480 e. The molecule has 2 aliphatic rings. The van der Waals surface area contributed by atoms with Crippen LogP contribution in [0.25, 0.3) is 0 Å². The molecular formula is C21H22N2O4. The second-order valence-corrected chi connectivity index (χ2v) is 7.23. The van der Waals surface area contributed by atoms with Crippen LogP contribution in [-0.2, 0) is 22.7 Å². The summed E-state index contributed by atoms with van der Waals surface area (Å²) in [5.74, 6) is -0.876. The molecule has 27 heavy (non-hydrogen) atoms. The molecule has 0 saturated carbocycles. The Morgan fingerprint density at radius 1 is 1.04 bits per heavy atom. The van der Waals surface area contributed by atoms with Gasteiger partial charge >= 0.3 is 12.1 Å². The summed E-state index contributed by atoms with van der Waals surface area (Å²) in [6.45, 7) is 1.46. The lowest BCUT2D eigenvalue weighted by atomic mass is 9.98. The van der Waals surface area contributed by atoms with Crippen molar-refractivity contribution < 1.29 is 19.4 Å². The normalized spacial score (nSPS) is 24.1. The maximum atomic E-state index is 12.5. The molecule has 1 N–H and O–H groups in total. The molecule has 2 aromatic rings. The van der Waals surface area contributed by atoms with Gasteiger partial charge in [0.2, 0.25) is 0 Å². The van der Waals surface area contributed by atoms with E-state index in [1.807, 2.05) is 65.6 Å². The van der Waals surface area contributed by atoms with Crippen LogP contribution in [0.4, 0.5) is 4.79 Å². The lowest BCUT2D eigenvalue weighted by molar-refractivity contribution is -0.150. The van der Waals surface area contributed by atoms with Gasteiger partial charge in [0.1, 0.15) is 12.1 Å². The maximum absolute atomic E-state index is 12.5. The second kappa shape index (κ2) is 7.04. The Balaban J connectivity index is 1.44. The van der Waals surface area contributed by atoms with Gasteiger partial charge in [-0.1, -0.05) is 60.7 Å². The number of carbonyl (C=O) groups excluding carboxylic acids is 1. The van der Waals surface area contributed by atoms with Gasteiger partial charge in [-0.15, -0.1) is 0 Å². The van der Waals surface area contributed by atoms with Crippen LogP contribution in [-0.4, -0.2) is 51.6 Å². The minimum absolute atomic E-state index is 0.131. The summed E-state index contributed by atoms with van der Waals surface area (Å²) >= 11 is 0. The van der Waals surface area contributed by atoms with Gasteiger partial charge in [0.15, 0.2) is 0 Å². The fourth-order valence-corrected chi connectivity index (χ4v) is 4.12. The van der Waals surface area contributed by atoms with Gasteiger partial charge < -0.3 is 14.7 Å². The van der Waals surface area contributed by atoms with Gasteiger partial charge in [0.25, 0.3) is 0 Å². The van der Waals surface area contributed by atoms with E-state index in [0.717, 1.165) is 11.1 Å². The van der Waals surface area contributed by atoms with Crippen molar-refractivity contribution >= 4 is 12.1 Å². The molecule has 0 aliphatic carbocycles. The van der Waals surface area contributed by atoms with Crippen molar-refractivity contribution in [3.8, 4) is 0 Å². The predicted molar refractivity (Wildman–Crippen MR) is 99.0 cm³/mol. The molecular weight excluding hydrogens is 344 g/mol. The van der Waals surface area contributed by atoms with E-state index < -0.39 is 17.6 Å². The molecule has 2 unspecified atom stereocenters. The predicted octanol–water partition coefficient (Wildman–Crippen LogP) is 2.74. The molecule has 2 saturated heterocycles. The fourth-order valence-electron chi connectivity index (χ4n) is 4.12. The third-order valence-electron chi connectivity index (χ3n) is 5.54. The molecule has 2 aromatic carbocycles. The molecule has 2 fully saturated rings. The zero-order chi connectivity index (χ0) is 18.9. The zero-order valence-corrected chi connectivity index (χ0v) is 15.0. The van der Waals surface area contributed by atoms with Gasteiger partial charge in [-0.2, -0.15) is 0 Å². The number of carbonyl (C=O) groups is 2. The van der Waals surface area contributed by atoms with Crippen molar-refractivity contribution in [3.05, 3.63) is 71.8 Å². The topological polar surface area (TPSA) is 70.1 Å². The average Bonchev–Trinajstić information content (AvgIpc) is 3.25. The van der Waals surface area contributed by atoms with Crippen LogP contribution >= 0.6 is 0 Å². The Morgan fingerprint density at radius 3 is 2.30 bits per heavy atom. The van der Waals surface area contributed by atoms with Gasteiger partial charge in [-0.05, 0) is 11.1 Å². The van der Waals surface area contributed by atoms with E-state index in [4.69, 9.17) is 4.74 Å². The number of likely N-dealkylation sites (tertiary alicyclic amines) is 2. The summed E-state index contributed by atoms with van der Waals surface area (Å²) in [5, 5.41) is 9.93. The standard InChI is InChI=1S/C21H22N2O4/c24-19(25)21-11-18(13-22(21)12-16-7-3-1-4-8-16)23(15-21)20(26)27-14-17-9-5-2-6-10-17/h1-10,18H,11-15H2,(H,24,25). The molecule has 2 bridgehead atoms. The molecule has 2 heterocycles. The lowest BCUT2D eigenvalue weighted by Gasteiger charge is -2.39. The Hall–Kier alpha value is -2.86. The van der Waals surface area contributed by atoms with Gasteiger partial charge in [0.05, 0.1) is 12.6 Å². The summed E-state index contributed by atoms with van der Waals surface area (Å²) in [4.78, 5) is 28.2. The largest absolute Gasteiger partial charge is 0.480 e. The number of carboxylic acids is 1. The lowest BCUT2D eigenvalue weighted by Crippen LogP contribution is -2.58. The Morgan fingerprint density at radius 2 is 1.67 bits per heavy atom. The number of amides is 1. The third-order valence-corrected chi connectivity index (χ3v) is 5.54. The first-order valence-electron chi connectivity index (χ1n) is 9.08. The Labute approximate surface area is 158 Å². The number of hydrogen-bond donors (Lipinski definition) is 1. The van der Waals surface area contributed by atoms with Gasteiger partial charge in [0, 0.05) is 19.5 Å². The van der Waals surface area contributed by atoms with E-state index in [9.17, 15) is 14.7 Å². The van der Waals surface area contributed by atoms with Crippen LogP contribution in [0.2, 0.25) is 0 Å². The molecule has 0 radical (unpaired) electrons. The molecule has 6 nitrogen and oxygen atoms in total. The van der Waals surface area contributed by atoms with Gasteiger partial charge in [-0.3, -0.25) is 9.69 Å². The molecule has 0 spiro atoms. The number of benzene rings is 2. The third kappa shape index (κ3) is 3.28. The van der Waals surface area contributed by atoms with E-state index in [0.29, 0.717) is 19.5 Å². The summed E-state index contributed by atoms with van der Waals surface area (Å²) in [6, 6.07) is 19.2. The second-order valence-electron chi connectivity index (χ2n) is 7.23. The van der Waals surface area contributed by atoms with Crippen molar-refractivity contribution in [1.82, 2.24) is 9.80 Å². The molecule has 0 aromatic heterocycles. The van der Waals surface area contributed by atoms with E-state index in [1.165, 1.54) is 0 Å². The number of hydrogen-bond acceptors (Lipinski definition) is 4. The molecule has 1 amide bonds. The smallest absolute Gasteiger partial charge is 0.410 e. The van der Waals surface area contributed by atoms with Crippen LogP contribution in [0.1, 0.15) is 17.5 Å². The highest BCUT2D eigenvalue weighted by atomic mass is 16.6. The highest BCUT2D eigenvalue weighted by molar-refractivity contribution is 5.83. The van der Waals surface area contributed by atoms with E-state index in [1.54, 1.807) is 4.90 Å². The fraction of sp³-hybridized carbons (Fsp3) is 0.333. The molecule has 4 rings (SSSR count). The summed E-state index contributed by atoms with van der Waals surface area (Å²) in [7, 11) is 0. The molecule has 140 valence electrons. The first-order valence-corrected chi connectivity index (χ1v) is 9.08. The highest BCUT2D eigenvalue weighted by Crippen LogP contribution is 2.41. The van der Waals surface area contributed by atoms with E-state index in [-0.39, 0.29) is 19.2 Å². The van der Waals surface area contributed by atoms with Crippen molar-refractivity contribution in [2.75, 3.05) is 13.1 Å². The quantitative estimate of drug-likeness (QED) is 0.881. The van der Waals surface area contributed by atoms with Crippen LogP contribution in [0.15, 0.2) is 60.7 Å². The molecule has 2 aliphatic heterocycles. The highest BCUT2D eigenvalue weighted by Gasteiger charge is 2.60. The Kier molecular flexibility index (Phi) is 4.58. The van der Waals surface area contributed by atoms with Crippen LogP contribution < -0.4 is 0 Å². The first kappa shape index (κ1) is 17.5. The Bertz CT molecular complexity index is 827. The number of fused-ring (bicyclic) bond motifs is 2. The van der Waals surface area contributed by atoms with Crippen molar-refractivity contribution in [3.63, 3.8) is 0 Å². The molecule has 6 heteroatoms. The number of ether oxygens (including phenoxy) is 1. The van der Waals surface area contributed by atoms with Gasteiger partial charge in [-0.25, -0.2) is 4.79 Å². The average molecular weight is 366 g/mol. The van der Waals surface area contributed by atoms with Crippen LogP contribution in [0.3, 0.4) is 0 Å². The summed E-state index contributed by atoms with van der Waals surface area (Å²) in [6.07, 6.45) is 0.00151. The first-order chi connectivity index (χ1) is 13.1. The minimum atomic E-state index is -1.04. The molecule has 2 atom stereocenters. The van der Waals surface area contributed by atoms with Crippen LogP contribution in [0.5, 0.6) is 0 Å². The zero-order valence-electron chi connectivity index (χ0n) is 15.0. The number of nitrogens with zero attached hydrogens (tertiary/aromatic N) is 2. The van der Waals surface area contributed by atoms with Crippen molar-refractivity contribution in [1.29, 1.82) is 0 Å². The number of rotatable bonds is 5. The van der Waals surface area contributed by atoms with E-state index >= 15 is 0 Å². The monoisotopic (exact) mass is 366 g/mol. The number of carboxylic acid groups (broad SMARTS) is 1.